The average molecular weight is 415 g/mol. The average Bonchev–Trinajstić information content (AvgIpc) is 3.35. The molecular weight excluding hydrogens is 392 g/mol. The number of hydrogen-bond acceptors (Lipinski definition) is 4. The van der Waals surface area contributed by atoms with Crippen molar-refractivity contribution in [3.8, 4) is 11.8 Å². The molecule has 0 spiro atoms. The second kappa shape index (κ2) is 8.60. The zero-order chi connectivity index (χ0) is 21.1. The normalized spacial score (nSPS) is 11.0. The summed E-state index contributed by atoms with van der Waals surface area (Å²) in [5, 5.41) is 10.6. The van der Waals surface area contributed by atoms with Crippen LogP contribution >= 0.6 is 11.8 Å². The summed E-state index contributed by atoms with van der Waals surface area (Å²) in [5.41, 5.74) is 5.13. The van der Waals surface area contributed by atoms with Gasteiger partial charge in [-0.1, -0.05) is 47.7 Å². The Morgan fingerprint density at radius 3 is 2.83 bits per heavy atom. The number of aromatic nitrogens is 3. The van der Waals surface area contributed by atoms with E-state index in [1.165, 1.54) is 22.9 Å². The van der Waals surface area contributed by atoms with Crippen molar-refractivity contribution in [1.29, 1.82) is 5.26 Å². The maximum absolute atomic E-state index is 13.1. The lowest BCUT2D eigenvalue weighted by molar-refractivity contribution is 0.102. The molecule has 2 aromatic heterocycles. The Balaban J connectivity index is 1.57. The molecule has 0 aliphatic rings. The molecule has 6 heteroatoms. The fourth-order valence-corrected chi connectivity index (χ4v) is 4.54. The maximum Gasteiger partial charge on any atom is 0.175 e. The van der Waals surface area contributed by atoms with Gasteiger partial charge in [0.1, 0.15) is 0 Å². The van der Waals surface area contributed by atoms with Gasteiger partial charge in [-0.25, -0.2) is 4.98 Å². The summed E-state index contributed by atoms with van der Waals surface area (Å²) in [6.07, 6.45) is 5.98. The molecule has 4 rings (SSSR count). The first-order valence-electron chi connectivity index (χ1n) is 9.80. The Morgan fingerprint density at radius 1 is 1.20 bits per heavy atom. The Morgan fingerprint density at radius 2 is 2.03 bits per heavy atom. The molecule has 0 atom stereocenters. The number of nitriles is 1. The second-order valence-corrected chi connectivity index (χ2v) is 8.19. The van der Waals surface area contributed by atoms with E-state index in [0.717, 1.165) is 21.7 Å². The number of aryl methyl sites for hydroxylation is 3. The van der Waals surface area contributed by atoms with Crippen LogP contribution in [0.5, 0.6) is 0 Å². The number of hydrogen-bond donors (Lipinski definition) is 0. The Labute approximate surface area is 180 Å². The molecule has 0 amide bonds. The van der Waals surface area contributed by atoms with E-state index in [-0.39, 0.29) is 5.78 Å². The number of carbonyl (C=O) groups is 1. The summed E-state index contributed by atoms with van der Waals surface area (Å²) in [5.74, 6) is 0.357. The van der Waals surface area contributed by atoms with Gasteiger partial charge in [0.15, 0.2) is 10.9 Å². The molecule has 5 nitrogen and oxygen atoms in total. The van der Waals surface area contributed by atoms with Gasteiger partial charge in [0.05, 0.1) is 23.9 Å². The molecule has 0 aliphatic carbocycles. The van der Waals surface area contributed by atoms with Crippen molar-refractivity contribution in [3.63, 3.8) is 0 Å². The van der Waals surface area contributed by atoms with Gasteiger partial charge in [-0.15, -0.1) is 0 Å². The van der Waals surface area contributed by atoms with E-state index in [1.807, 2.05) is 45.8 Å². The van der Waals surface area contributed by atoms with Crippen LogP contribution in [-0.2, 0) is 6.54 Å². The number of thioether (sulfide) groups is 1. The number of Topliss-reactive ketones (excluding diaryl/α,β-unsaturated/α-hetero) is 1. The third-order valence-electron chi connectivity index (χ3n) is 5.10. The number of ketones is 1. The smallest absolute Gasteiger partial charge is 0.175 e. The number of para-hydroxylation sites is 1. The third kappa shape index (κ3) is 3.89. The van der Waals surface area contributed by atoms with E-state index in [1.54, 1.807) is 6.20 Å². The quantitative estimate of drug-likeness (QED) is 0.303. The second-order valence-electron chi connectivity index (χ2n) is 7.24. The molecule has 0 unspecified atom stereocenters. The molecule has 0 bridgehead atoms. The Hall–Kier alpha value is -3.30. The number of imidazole rings is 1. The van der Waals surface area contributed by atoms with Gasteiger partial charge in [-0.2, -0.15) is 5.26 Å². The van der Waals surface area contributed by atoms with Gasteiger partial charge in [0.25, 0.3) is 0 Å². The zero-order valence-electron chi connectivity index (χ0n) is 17.0. The van der Waals surface area contributed by atoms with Crippen LogP contribution in [0.3, 0.4) is 0 Å². The molecule has 0 saturated heterocycles. The van der Waals surface area contributed by atoms with Gasteiger partial charge in [0.2, 0.25) is 0 Å². The van der Waals surface area contributed by atoms with Crippen LogP contribution in [0, 0.1) is 25.2 Å². The highest BCUT2D eigenvalue weighted by Gasteiger charge is 2.17. The van der Waals surface area contributed by atoms with Crippen molar-refractivity contribution < 1.29 is 4.79 Å². The van der Waals surface area contributed by atoms with Crippen molar-refractivity contribution >= 4 is 28.4 Å². The molecule has 0 aliphatic heterocycles. The van der Waals surface area contributed by atoms with E-state index < -0.39 is 0 Å². The lowest BCUT2D eigenvalue weighted by atomic mass is 10.1. The highest BCUT2D eigenvalue weighted by molar-refractivity contribution is 7.99. The summed E-state index contributed by atoms with van der Waals surface area (Å²) >= 11 is 1.44. The number of fused-ring (bicyclic) bond motifs is 1. The van der Waals surface area contributed by atoms with Crippen molar-refractivity contribution in [2.24, 2.45) is 0 Å². The number of rotatable bonds is 7. The minimum Gasteiger partial charge on any atom is -0.346 e. The van der Waals surface area contributed by atoms with Crippen molar-refractivity contribution in [1.82, 2.24) is 14.1 Å². The monoisotopic (exact) mass is 414 g/mol. The molecular formula is C24H22N4OS. The largest absolute Gasteiger partial charge is 0.346 e. The van der Waals surface area contributed by atoms with E-state index in [9.17, 15) is 4.79 Å². The first-order valence-corrected chi connectivity index (χ1v) is 10.8. The summed E-state index contributed by atoms with van der Waals surface area (Å²) in [6, 6.07) is 16.3. The zero-order valence-corrected chi connectivity index (χ0v) is 17.8. The molecule has 0 saturated carbocycles. The van der Waals surface area contributed by atoms with Gasteiger partial charge in [0, 0.05) is 41.6 Å². The summed E-state index contributed by atoms with van der Waals surface area (Å²) in [4.78, 5) is 17.5. The van der Waals surface area contributed by atoms with Gasteiger partial charge < -0.3 is 4.57 Å². The topological polar surface area (TPSA) is 63.6 Å². The number of nitrogens with zero attached hydrogens (tertiary/aromatic N) is 4. The SMILES string of the molecule is Cc1ccc(-n2ccnc2SCC(=O)c2cn(CCC#N)c3ccccc23)c(C)c1. The molecule has 30 heavy (non-hydrogen) atoms. The van der Waals surface area contributed by atoms with Gasteiger partial charge >= 0.3 is 0 Å². The highest BCUT2D eigenvalue weighted by atomic mass is 32.2. The standard InChI is InChI=1S/C24H22N4OS/c1-17-8-9-21(18(2)14-17)28-13-11-26-24(28)30-16-23(29)20-15-27(12-5-10-25)22-7-4-3-6-19(20)22/h3-4,6-9,11,13-15H,5,12,16H2,1-2H3. The van der Waals surface area contributed by atoms with E-state index >= 15 is 0 Å². The fraction of sp³-hybridized carbons (Fsp3) is 0.208. The van der Waals surface area contributed by atoms with Crippen molar-refractivity contribution in [3.05, 3.63) is 77.7 Å². The first-order chi connectivity index (χ1) is 14.6. The summed E-state index contributed by atoms with van der Waals surface area (Å²) in [7, 11) is 0. The van der Waals surface area contributed by atoms with Crippen LogP contribution in [0.4, 0.5) is 0 Å². The van der Waals surface area contributed by atoms with Crippen LogP contribution < -0.4 is 0 Å². The van der Waals surface area contributed by atoms with Crippen LogP contribution in [0.25, 0.3) is 16.6 Å². The molecule has 2 heterocycles. The van der Waals surface area contributed by atoms with Crippen LogP contribution in [-0.4, -0.2) is 25.7 Å². The minimum atomic E-state index is 0.0575. The molecule has 0 fully saturated rings. The lowest BCUT2D eigenvalue weighted by Crippen LogP contribution is -2.04. The molecule has 0 radical (unpaired) electrons. The number of carbonyl (C=O) groups excluding carboxylic acids is 1. The lowest BCUT2D eigenvalue weighted by Gasteiger charge is -2.11. The molecule has 2 aromatic carbocycles. The third-order valence-corrected chi connectivity index (χ3v) is 6.07. The number of benzene rings is 2. The Kier molecular flexibility index (Phi) is 5.73. The van der Waals surface area contributed by atoms with E-state index in [4.69, 9.17) is 5.26 Å². The van der Waals surface area contributed by atoms with Crippen molar-refractivity contribution in [2.45, 2.75) is 32.0 Å². The fourth-order valence-electron chi connectivity index (χ4n) is 3.69. The maximum atomic E-state index is 13.1. The van der Waals surface area contributed by atoms with Crippen molar-refractivity contribution in [2.75, 3.05) is 5.75 Å². The van der Waals surface area contributed by atoms with Crippen LogP contribution in [0.1, 0.15) is 27.9 Å². The van der Waals surface area contributed by atoms with Gasteiger partial charge in [-0.3, -0.25) is 9.36 Å². The van der Waals surface area contributed by atoms with E-state index in [2.05, 4.69) is 43.1 Å². The highest BCUT2D eigenvalue weighted by Crippen LogP contribution is 2.27. The summed E-state index contributed by atoms with van der Waals surface area (Å²) < 4.78 is 4.02. The minimum absolute atomic E-state index is 0.0575. The first kappa shape index (κ1) is 20.0. The molecule has 4 aromatic rings. The Bertz CT molecular complexity index is 1260. The molecule has 150 valence electrons. The van der Waals surface area contributed by atoms with E-state index in [0.29, 0.717) is 24.3 Å². The van der Waals surface area contributed by atoms with Crippen LogP contribution in [0.2, 0.25) is 0 Å². The van der Waals surface area contributed by atoms with Gasteiger partial charge in [-0.05, 0) is 31.5 Å². The predicted octanol–water partition coefficient (Wildman–Crippen LogP) is 5.33. The van der Waals surface area contributed by atoms with Crippen LogP contribution in [0.15, 0.2) is 66.2 Å². The summed E-state index contributed by atoms with van der Waals surface area (Å²) in [6.45, 7) is 4.73. The molecule has 0 N–H and O–H groups in total. The predicted molar refractivity (Wildman–Crippen MR) is 120 cm³/mol.